The molecule has 9 heavy (non-hydrogen) atoms. The molecule has 0 radical (unpaired) electrons. The van der Waals surface area contributed by atoms with E-state index in [2.05, 4.69) is 40.1 Å². The summed E-state index contributed by atoms with van der Waals surface area (Å²) in [5.41, 5.74) is 2.82. The van der Waals surface area contributed by atoms with Gasteiger partial charge in [-0.1, -0.05) is 0 Å². The van der Waals surface area contributed by atoms with Crippen molar-refractivity contribution in [2.45, 2.75) is 13.8 Å². The zero-order valence-corrected chi connectivity index (χ0v) is 6.60. The second-order valence-electron chi connectivity index (χ2n) is 3.07. The van der Waals surface area contributed by atoms with Gasteiger partial charge in [-0.3, -0.25) is 4.48 Å². The number of quaternary nitrogens is 1. The molecule has 0 fully saturated rings. The van der Waals surface area contributed by atoms with Crippen LogP contribution in [0.15, 0.2) is 23.5 Å². The zero-order chi connectivity index (χ0) is 7.07. The highest BCUT2D eigenvalue weighted by molar-refractivity contribution is 5.16. The quantitative estimate of drug-likeness (QED) is 0.432. The van der Waals surface area contributed by atoms with Crippen LogP contribution in [-0.4, -0.2) is 18.6 Å². The van der Waals surface area contributed by atoms with Gasteiger partial charge in [0.2, 0.25) is 0 Å². The van der Waals surface area contributed by atoms with Crippen molar-refractivity contribution in [3.8, 4) is 0 Å². The van der Waals surface area contributed by atoms with Gasteiger partial charge in [0, 0.05) is 26.0 Å². The summed E-state index contributed by atoms with van der Waals surface area (Å²) in [6.45, 7) is 4.32. The molecule has 0 aromatic carbocycles. The summed E-state index contributed by atoms with van der Waals surface area (Å²) in [4.78, 5) is 0. The molecule has 0 spiro atoms. The molecule has 0 bridgehead atoms. The Balaban J connectivity index is 2.96. The predicted octanol–water partition coefficient (Wildman–Crippen LogP) is 1.88. The minimum atomic E-state index is 0.944. The lowest BCUT2D eigenvalue weighted by Gasteiger charge is -2.26. The largest absolute Gasteiger partial charge is 0.271 e. The first kappa shape index (κ1) is 6.56. The molecule has 0 aromatic heterocycles. The molecule has 0 saturated heterocycles. The van der Waals surface area contributed by atoms with E-state index in [-0.39, 0.29) is 0 Å². The molecule has 0 aliphatic carbocycles. The predicted molar refractivity (Wildman–Crippen MR) is 39.6 cm³/mol. The average Bonchev–Trinajstić information content (AvgIpc) is 1.96. The van der Waals surface area contributed by atoms with Crippen LogP contribution in [0.25, 0.3) is 0 Å². The fraction of sp³-hybridized carbons (Fsp3) is 0.500. The van der Waals surface area contributed by atoms with E-state index >= 15 is 0 Å². The number of allylic oxidation sites excluding steroid dienone is 4. The van der Waals surface area contributed by atoms with Gasteiger partial charge in [0.25, 0.3) is 0 Å². The van der Waals surface area contributed by atoms with Crippen molar-refractivity contribution in [1.29, 1.82) is 0 Å². The van der Waals surface area contributed by atoms with E-state index in [9.17, 15) is 0 Å². The lowest BCUT2D eigenvalue weighted by atomic mass is 10.4. The van der Waals surface area contributed by atoms with Gasteiger partial charge in [0.1, 0.15) is 11.4 Å². The molecule has 0 N–H and O–H groups in total. The maximum Gasteiger partial charge on any atom is 0.110 e. The first-order valence-corrected chi connectivity index (χ1v) is 3.25. The van der Waals surface area contributed by atoms with Crippen LogP contribution in [0, 0.1) is 0 Å². The molecule has 0 unspecified atom stereocenters. The smallest absolute Gasteiger partial charge is 0.110 e. The maximum absolute atomic E-state index is 2.20. The molecule has 0 amide bonds. The van der Waals surface area contributed by atoms with Crippen LogP contribution in [0.3, 0.4) is 0 Å². The number of hydrogen-bond acceptors (Lipinski definition) is 0. The van der Waals surface area contributed by atoms with Gasteiger partial charge in [-0.25, -0.2) is 0 Å². The molecule has 1 aliphatic rings. The van der Waals surface area contributed by atoms with Gasteiger partial charge < -0.3 is 0 Å². The molecule has 50 valence electrons. The lowest BCUT2D eigenvalue weighted by molar-refractivity contribution is -0.809. The Morgan fingerprint density at radius 2 is 1.33 bits per heavy atom. The minimum absolute atomic E-state index is 0.944. The van der Waals surface area contributed by atoms with Gasteiger partial charge in [-0.05, 0) is 0 Å². The van der Waals surface area contributed by atoms with Crippen molar-refractivity contribution in [2.75, 3.05) is 14.1 Å². The lowest BCUT2D eigenvalue weighted by Crippen LogP contribution is -2.32. The van der Waals surface area contributed by atoms with E-state index in [4.69, 9.17) is 0 Å². The summed E-state index contributed by atoms with van der Waals surface area (Å²) in [6.07, 6.45) is 4.35. The van der Waals surface area contributed by atoms with E-state index in [0.717, 1.165) is 4.48 Å². The topological polar surface area (TPSA) is 0 Å². The molecule has 1 rings (SSSR count). The van der Waals surface area contributed by atoms with Crippen LogP contribution in [0.4, 0.5) is 0 Å². The van der Waals surface area contributed by atoms with Crippen LogP contribution < -0.4 is 0 Å². The van der Waals surface area contributed by atoms with Gasteiger partial charge in [-0.2, -0.15) is 0 Å². The Kier molecular flexibility index (Phi) is 1.24. The third-order valence-corrected chi connectivity index (χ3v) is 2.33. The zero-order valence-electron chi connectivity index (χ0n) is 6.60. The monoisotopic (exact) mass is 124 g/mol. The highest BCUT2D eigenvalue weighted by atomic mass is 15.3. The normalized spacial score (nSPS) is 23.6. The van der Waals surface area contributed by atoms with E-state index in [1.807, 2.05) is 0 Å². The third kappa shape index (κ3) is 0.815. The Morgan fingerprint density at radius 3 is 1.44 bits per heavy atom. The molecule has 1 heteroatoms. The number of rotatable bonds is 0. The van der Waals surface area contributed by atoms with Gasteiger partial charge in [-0.15, -0.1) is 0 Å². The van der Waals surface area contributed by atoms with Crippen molar-refractivity contribution >= 4 is 0 Å². The highest BCUT2D eigenvalue weighted by Gasteiger charge is 2.24. The summed E-state index contributed by atoms with van der Waals surface area (Å²) < 4.78 is 0.944. The average molecular weight is 124 g/mol. The third-order valence-electron chi connectivity index (χ3n) is 2.33. The second kappa shape index (κ2) is 1.71. The van der Waals surface area contributed by atoms with Crippen LogP contribution in [-0.2, 0) is 0 Å². The number of hydrogen-bond donors (Lipinski definition) is 0. The SMILES string of the molecule is CC1=CC=C(C)[N+]1(C)C. The highest BCUT2D eigenvalue weighted by Crippen LogP contribution is 2.24. The summed E-state index contributed by atoms with van der Waals surface area (Å²) >= 11 is 0. The van der Waals surface area contributed by atoms with Crippen molar-refractivity contribution < 1.29 is 4.48 Å². The molecule has 1 aliphatic heterocycles. The molecular formula is C8H14N+. The van der Waals surface area contributed by atoms with Crippen molar-refractivity contribution in [3.05, 3.63) is 23.5 Å². The second-order valence-corrected chi connectivity index (χ2v) is 3.07. The summed E-state index contributed by atoms with van der Waals surface area (Å²) in [5, 5.41) is 0. The van der Waals surface area contributed by atoms with Crippen LogP contribution >= 0.6 is 0 Å². The fourth-order valence-corrected chi connectivity index (χ4v) is 0.892. The van der Waals surface area contributed by atoms with Crippen molar-refractivity contribution in [1.82, 2.24) is 0 Å². The Bertz CT molecular complexity index is 165. The molecule has 1 nitrogen and oxygen atoms in total. The first-order valence-electron chi connectivity index (χ1n) is 3.25. The molecule has 1 heterocycles. The maximum atomic E-state index is 2.20. The Labute approximate surface area is 56.9 Å². The Hall–Kier alpha value is -0.560. The van der Waals surface area contributed by atoms with E-state index < -0.39 is 0 Å². The van der Waals surface area contributed by atoms with E-state index in [0.29, 0.717) is 0 Å². The molecule has 0 saturated carbocycles. The molecular weight excluding hydrogens is 110 g/mol. The summed E-state index contributed by atoms with van der Waals surface area (Å²) in [5.74, 6) is 0. The van der Waals surface area contributed by atoms with Gasteiger partial charge in [0.05, 0.1) is 14.1 Å². The molecule has 0 aromatic rings. The van der Waals surface area contributed by atoms with Crippen LogP contribution in [0.5, 0.6) is 0 Å². The van der Waals surface area contributed by atoms with E-state index in [1.165, 1.54) is 11.4 Å². The fourth-order valence-electron chi connectivity index (χ4n) is 0.892. The van der Waals surface area contributed by atoms with Crippen LogP contribution in [0.2, 0.25) is 0 Å². The van der Waals surface area contributed by atoms with Gasteiger partial charge >= 0.3 is 0 Å². The first-order chi connectivity index (χ1) is 4.05. The van der Waals surface area contributed by atoms with E-state index in [1.54, 1.807) is 0 Å². The van der Waals surface area contributed by atoms with Crippen molar-refractivity contribution in [2.24, 2.45) is 0 Å². The van der Waals surface area contributed by atoms with Crippen LogP contribution in [0.1, 0.15) is 13.8 Å². The summed E-state index contributed by atoms with van der Waals surface area (Å²) in [6, 6.07) is 0. The summed E-state index contributed by atoms with van der Waals surface area (Å²) in [7, 11) is 4.40. The van der Waals surface area contributed by atoms with Crippen molar-refractivity contribution in [3.63, 3.8) is 0 Å². The standard InChI is InChI=1S/C8H14N/c1-7-5-6-8(2)9(7,3)4/h5-6H,1-4H3/q+1. The Morgan fingerprint density at radius 1 is 1.00 bits per heavy atom. The number of nitrogens with zero attached hydrogens (tertiary/aromatic N) is 1. The molecule has 0 atom stereocenters. The van der Waals surface area contributed by atoms with Gasteiger partial charge in [0.15, 0.2) is 0 Å². The minimum Gasteiger partial charge on any atom is -0.271 e.